The maximum absolute atomic E-state index is 13.3. The summed E-state index contributed by atoms with van der Waals surface area (Å²) in [5.74, 6) is -1.69. The van der Waals surface area contributed by atoms with Gasteiger partial charge in [-0.1, -0.05) is 24.3 Å². The second-order valence-electron chi connectivity index (χ2n) is 6.23. The molecule has 0 aromatic heterocycles. The lowest BCUT2D eigenvalue weighted by Crippen LogP contribution is -2.44. The van der Waals surface area contributed by atoms with Gasteiger partial charge in [-0.3, -0.25) is 4.90 Å². The average Bonchev–Trinajstić information content (AvgIpc) is 2.60. The Hall–Kier alpha value is -1.83. The van der Waals surface area contributed by atoms with Gasteiger partial charge in [0.05, 0.1) is 4.90 Å². The zero-order chi connectivity index (χ0) is 17.9. The summed E-state index contributed by atoms with van der Waals surface area (Å²) in [5, 5.41) is 0. The molecule has 3 rings (SSSR count). The van der Waals surface area contributed by atoms with Crippen molar-refractivity contribution < 1.29 is 17.2 Å². The molecule has 2 aromatic carbocycles. The van der Waals surface area contributed by atoms with Gasteiger partial charge in [-0.05, 0) is 42.7 Å². The smallest absolute Gasteiger partial charge is 0.240 e. The Kier molecular flexibility index (Phi) is 5.46. The molecule has 2 aromatic rings. The van der Waals surface area contributed by atoms with Gasteiger partial charge in [0, 0.05) is 25.7 Å². The Bertz CT molecular complexity index is 820. The van der Waals surface area contributed by atoms with Crippen LogP contribution in [0, 0.1) is 11.6 Å². The van der Waals surface area contributed by atoms with E-state index in [9.17, 15) is 17.2 Å². The molecule has 4 nitrogen and oxygen atoms in total. The van der Waals surface area contributed by atoms with E-state index in [2.05, 4.69) is 9.62 Å². The molecule has 0 atom stereocenters. The first-order chi connectivity index (χ1) is 11.9. The number of nitrogens with zero attached hydrogens (tertiary/aromatic N) is 1. The minimum Gasteiger partial charge on any atom is -0.299 e. The van der Waals surface area contributed by atoms with Crippen LogP contribution in [0.25, 0.3) is 0 Å². The average molecular weight is 366 g/mol. The normalized spacial score (nSPS) is 16.9. The van der Waals surface area contributed by atoms with Gasteiger partial charge in [-0.2, -0.15) is 0 Å². The van der Waals surface area contributed by atoms with Crippen molar-refractivity contribution in [2.45, 2.75) is 30.3 Å². The molecule has 0 unspecified atom stereocenters. The second-order valence-corrected chi connectivity index (χ2v) is 7.95. The number of hydrogen-bond donors (Lipinski definition) is 1. The summed E-state index contributed by atoms with van der Waals surface area (Å²) in [6.45, 7) is 1.91. The van der Waals surface area contributed by atoms with E-state index in [-0.39, 0.29) is 10.9 Å². The van der Waals surface area contributed by atoms with Crippen LogP contribution in [0.1, 0.15) is 18.4 Å². The first-order valence-electron chi connectivity index (χ1n) is 8.18. The minimum absolute atomic E-state index is 0.119. The predicted octanol–water partition coefficient (Wildman–Crippen LogP) is 2.91. The number of hydrogen-bond acceptors (Lipinski definition) is 3. The van der Waals surface area contributed by atoms with Crippen molar-refractivity contribution in [3.63, 3.8) is 0 Å². The van der Waals surface area contributed by atoms with Gasteiger partial charge in [-0.25, -0.2) is 21.9 Å². The van der Waals surface area contributed by atoms with Gasteiger partial charge in [0.25, 0.3) is 0 Å². The van der Waals surface area contributed by atoms with Gasteiger partial charge >= 0.3 is 0 Å². The number of sulfonamides is 1. The van der Waals surface area contributed by atoms with Crippen molar-refractivity contribution >= 4 is 10.0 Å². The fourth-order valence-corrected chi connectivity index (χ4v) is 4.32. The number of likely N-dealkylation sites (tertiary alicyclic amines) is 1. The maximum Gasteiger partial charge on any atom is 0.240 e. The Labute approximate surface area is 146 Å². The summed E-state index contributed by atoms with van der Waals surface area (Å²) < 4.78 is 53.7. The summed E-state index contributed by atoms with van der Waals surface area (Å²) in [6, 6.07) is 12.1. The number of nitrogens with one attached hydrogen (secondary N) is 1. The van der Waals surface area contributed by atoms with E-state index in [0.29, 0.717) is 38.0 Å². The third-order valence-electron chi connectivity index (χ3n) is 4.35. The molecule has 1 fully saturated rings. The summed E-state index contributed by atoms with van der Waals surface area (Å²) in [4.78, 5) is 2.37. The lowest BCUT2D eigenvalue weighted by molar-refractivity contribution is 0.199. The molecule has 25 heavy (non-hydrogen) atoms. The predicted molar refractivity (Wildman–Crippen MR) is 91.4 cm³/mol. The molecule has 1 N–H and O–H groups in total. The first-order valence-corrected chi connectivity index (χ1v) is 9.66. The molecule has 1 aliphatic rings. The highest BCUT2D eigenvalue weighted by Crippen LogP contribution is 2.18. The maximum atomic E-state index is 13.3. The largest absolute Gasteiger partial charge is 0.299 e. The van der Waals surface area contributed by atoms with Crippen molar-refractivity contribution in [1.29, 1.82) is 0 Å². The van der Waals surface area contributed by atoms with E-state index in [1.54, 1.807) is 36.4 Å². The summed E-state index contributed by atoms with van der Waals surface area (Å²) >= 11 is 0. The van der Waals surface area contributed by atoms with E-state index in [1.807, 2.05) is 0 Å². The first kappa shape index (κ1) is 18.0. The van der Waals surface area contributed by atoms with Crippen LogP contribution < -0.4 is 4.72 Å². The lowest BCUT2D eigenvalue weighted by Gasteiger charge is -2.32. The van der Waals surface area contributed by atoms with Gasteiger partial charge < -0.3 is 0 Å². The van der Waals surface area contributed by atoms with Crippen LogP contribution in [0.2, 0.25) is 0 Å². The number of rotatable bonds is 5. The standard InChI is InChI=1S/C18H20F2N2O2S/c19-17-7-6-14(12-18(17)20)13-22-10-8-15(9-11-22)21-25(23,24)16-4-2-1-3-5-16/h1-7,12,15,21H,8-11,13H2. The Morgan fingerprint density at radius 3 is 2.32 bits per heavy atom. The van der Waals surface area contributed by atoms with E-state index in [1.165, 1.54) is 6.07 Å². The van der Waals surface area contributed by atoms with Crippen LogP contribution >= 0.6 is 0 Å². The molecule has 0 spiro atoms. The van der Waals surface area contributed by atoms with Crippen molar-refractivity contribution in [2.24, 2.45) is 0 Å². The van der Waals surface area contributed by atoms with Crippen molar-refractivity contribution in [2.75, 3.05) is 13.1 Å². The summed E-state index contributed by atoms with van der Waals surface area (Å²) in [7, 11) is -3.51. The molecule has 1 heterocycles. The van der Waals surface area contributed by atoms with E-state index < -0.39 is 21.7 Å². The molecule has 0 amide bonds. The van der Waals surface area contributed by atoms with Crippen LogP contribution in [0.5, 0.6) is 0 Å². The van der Waals surface area contributed by atoms with Crippen molar-refractivity contribution in [3.8, 4) is 0 Å². The highest BCUT2D eigenvalue weighted by atomic mass is 32.2. The van der Waals surface area contributed by atoms with Gasteiger partial charge in [0.2, 0.25) is 10.0 Å². The van der Waals surface area contributed by atoms with Crippen molar-refractivity contribution in [3.05, 3.63) is 65.7 Å². The third-order valence-corrected chi connectivity index (χ3v) is 5.89. The van der Waals surface area contributed by atoms with Crippen LogP contribution in [0.3, 0.4) is 0 Å². The quantitative estimate of drug-likeness (QED) is 0.885. The highest BCUT2D eigenvalue weighted by Gasteiger charge is 2.24. The Morgan fingerprint density at radius 2 is 1.68 bits per heavy atom. The molecular weight excluding hydrogens is 346 g/mol. The molecule has 1 aliphatic heterocycles. The molecule has 0 saturated carbocycles. The number of halogens is 2. The molecule has 0 bridgehead atoms. The SMILES string of the molecule is O=S(=O)(NC1CCN(Cc2ccc(F)c(F)c2)CC1)c1ccccc1. The fraction of sp³-hybridized carbons (Fsp3) is 0.333. The van der Waals surface area contributed by atoms with E-state index >= 15 is 0 Å². The van der Waals surface area contributed by atoms with Gasteiger partial charge in [-0.15, -0.1) is 0 Å². The second kappa shape index (κ2) is 7.59. The highest BCUT2D eigenvalue weighted by molar-refractivity contribution is 7.89. The van der Waals surface area contributed by atoms with Crippen LogP contribution in [0.4, 0.5) is 8.78 Å². The topological polar surface area (TPSA) is 49.4 Å². The monoisotopic (exact) mass is 366 g/mol. The fourth-order valence-electron chi connectivity index (χ4n) is 2.99. The molecule has 0 radical (unpaired) electrons. The Morgan fingerprint density at radius 1 is 1.00 bits per heavy atom. The van der Waals surface area contributed by atoms with E-state index in [4.69, 9.17) is 0 Å². The molecular formula is C18H20F2N2O2S. The lowest BCUT2D eigenvalue weighted by atomic mass is 10.1. The van der Waals surface area contributed by atoms with Crippen molar-refractivity contribution in [1.82, 2.24) is 9.62 Å². The molecule has 134 valence electrons. The van der Waals surface area contributed by atoms with Gasteiger partial charge in [0.15, 0.2) is 11.6 Å². The Balaban J connectivity index is 1.54. The molecule has 7 heteroatoms. The van der Waals surface area contributed by atoms with Crippen LogP contribution in [-0.4, -0.2) is 32.4 Å². The zero-order valence-electron chi connectivity index (χ0n) is 13.7. The zero-order valence-corrected chi connectivity index (χ0v) is 14.5. The molecule has 1 saturated heterocycles. The number of benzene rings is 2. The van der Waals surface area contributed by atoms with Gasteiger partial charge in [0.1, 0.15) is 0 Å². The van der Waals surface area contributed by atoms with Crippen LogP contribution in [0.15, 0.2) is 53.4 Å². The third kappa shape index (κ3) is 4.62. The summed E-state index contributed by atoms with van der Waals surface area (Å²) in [6.07, 6.45) is 1.35. The van der Waals surface area contributed by atoms with Crippen LogP contribution in [-0.2, 0) is 16.6 Å². The molecule has 0 aliphatic carbocycles. The van der Waals surface area contributed by atoms with E-state index in [0.717, 1.165) is 6.07 Å². The summed E-state index contributed by atoms with van der Waals surface area (Å²) in [5.41, 5.74) is 0.710. The minimum atomic E-state index is -3.51. The number of piperidine rings is 1.